The molecule has 3 aromatic rings. The molecule has 0 saturated heterocycles. The second-order valence-electron chi connectivity index (χ2n) is 5.57. The Morgan fingerprint density at radius 2 is 1.92 bits per heavy atom. The third-order valence-corrected chi connectivity index (χ3v) is 3.83. The summed E-state index contributed by atoms with van der Waals surface area (Å²) in [4.78, 5) is 41.9. The van der Waals surface area contributed by atoms with Crippen molar-refractivity contribution in [2.45, 2.75) is 13.0 Å². The predicted molar refractivity (Wildman–Crippen MR) is 91.3 cm³/mol. The van der Waals surface area contributed by atoms with Crippen molar-refractivity contribution in [3.8, 4) is 0 Å². The third-order valence-electron chi connectivity index (χ3n) is 3.83. The average molecular weight is 339 g/mol. The van der Waals surface area contributed by atoms with Crippen LogP contribution >= 0.6 is 0 Å². The molecule has 0 bridgehead atoms. The van der Waals surface area contributed by atoms with E-state index in [1.165, 1.54) is 18.7 Å². The number of nitrogens with zero attached hydrogens (tertiary/aromatic N) is 1. The summed E-state index contributed by atoms with van der Waals surface area (Å²) in [7, 11) is 0. The number of nitrogens with one attached hydrogen (secondary N) is 2. The van der Waals surface area contributed by atoms with Gasteiger partial charge in [-0.05, 0) is 18.1 Å². The lowest BCUT2D eigenvalue weighted by atomic mass is 10.1. The van der Waals surface area contributed by atoms with Gasteiger partial charge in [0.15, 0.2) is 0 Å². The molecule has 0 aliphatic rings. The molecule has 128 valence electrons. The maximum absolute atomic E-state index is 12.7. The van der Waals surface area contributed by atoms with Crippen LogP contribution in [0.5, 0.6) is 0 Å². The number of carbonyl (C=O) groups is 1. The molecule has 0 fully saturated rings. The van der Waals surface area contributed by atoms with Gasteiger partial charge < -0.3 is 14.3 Å². The number of rotatable bonds is 6. The molecule has 0 spiro atoms. The normalized spacial score (nSPS) is 10.6. The van der Waals surface area contributed by atoms with Gasteiger partial charge in [-0.25, -0.2) is 4.79 Å². The van der Waals surface area contributed by atoms with Gasteiger partial charge in [0.25, 0.3) is 11.5 Å². The lowest BCUT2D eigenvalue weighted by molar-refractivity contribution is 0.0743. The minimum absolute atomic E-state index is 0.0863. The summed E-state index contributed by atoms with van der Waals surface area (Å²) in [6.07, 6.45) is 4.77. The standard InChI is InChI=1S/C18H17N3O4/c22-16-15(10-19-18(24)20-16)11-21(17(23)14-7-9-25-12-14)8-6-13-4-2-1-3-5-13/h1-5,7,9-10,12H,6,8,11H2,(H2,19,20,22,24). The van der Waals surface area contributed by atoms with Gasteiger partial charge in [-0.2, -0.15) is 0 Å². The van der Waals surface area contributed by atoms with Crippen molar-refractivity contribution in [3.63, 3.8) is 0 Å². The van der Waals surface area contributed by atoms with Crippen LogP contribution in [0.1, 0.15) is 21.5 Å². The zero-order chi connectivity index (χ0) is 17.6. The molecule has 0 aliphatic carbocycles. The molecule has 0 radical (unpaired) electrons. The zero-order valence-electron chi connectivity index (χ0n) is 13.4. The van der Waals surface area contributed by atoms with Crippen molar-refractivity contribution in [3.05, 3.63) is 92.6 Å². The number of benzene rings is 1. The number of aromatic nitrogens is 2. The number of aromatic amines is 2. The quantitative estimate of drug-likeness (QED) is 0.711. The van der Waals surface area contributed by atoms with Gasteiger partial charge in [-0.15, -0.1) is 0 Å². The Kier molecular flexibility index (Phi) is 4.94. The summed E-state index contributed by atoms with van der Waals surface area (Å²) in [6, 6.07) is 11.3. The zero-order valence-corrected chi connectivity index (χ0v) is 13.4. The Morgan fingerprint density at radius 3 is 2.60 bits per heavy atom. The Balaban J connectivity index is 1.82. The second kappa shape index (κ2) is 7.48. The van der Waals surface area contributed by atoms with Gasteiger partial charge >= 0.3 is 5.69 Å². The number of furan rings is 1. The van der Waals surface area contributed by atoms with Crippen LogP contribution < -0.4 is 11.2 Å². The first-order valence-electron chi connectivity index (χ1n) is 7.80. The van der Waals surface area contributed by atoms with Crippen LogP contribution in [0.4, 0.5) is 0 Å². The summed E-state index contributed by atoms with van der Waals surface area (Å²) in [5.41, 5.74) is 0.723. The van der Waals surface area contributed by atoms with Crippen LogP contribution in [-0.4, -0.2) is 27.3 Å². The van der Waals surface area contributed by atoms with E-state index in [9.17, 15) is 14.4 Å². The second-order valence-corrected chi connectivity index (χ2v) is 5.57. The molecular formula is C18H17N3O4. The molecule has 0 atom stereocenters. The Bertz CT molecular complexity index is 942. The third kappa shape index (κ3) is 4.14. The SMILES string of the molecule is O=C(c1ccoc1)N(CCc1ccccc1)Cc1c[nH]c(=O)[nH]c1=O. The minimum Gasteiger partial charge on any atom is -0.472 e. The van der Waals surface area contributed by atoms with Crippen molar-refractivity contribution in [2.75, 3.05) is 6.54 Å². The van der Waals surface area contributed by atoms with E-state index in [0.717, 1.165) is 5.56 Å². The summed E-state index contributed by atoms with van der Waals surface area (Å²) in [5.74, 6) is -0.240. The monoisotopic (exact) mass is 339 g/mol. The summed E-state index contributed by atoms with van der Waals surface area (Å²) < 4.78 is 4.98. The fourth-order valence-electron chi connectivity index (χ4n) is 2.49. The number of carbonyl (C=O) groups excluding carboxylic acids is 1. The fourth-order valence-corrected chi connectivity index (χ4v) is 2.49. The highest BCUT2D eigenvalue weighted by molar-refractivity contribution is 5.93. The maximum Gasteiger partial charge on any atom is 0.325 e. The van der Waals surface area contributed by atoms with Gasteiger partial charge in [0.1, 0.15) is 6.26 Å². The molecule has 1 amide bonds. The molecule has 25 heavy (non-hydrogen) atoms. The molecule has 2 heterocycles. The molecule has 2 aromatic heterocycles. The van der Waals surface area contributed by atoms with Gasteiger partial charge in [-0.1, -0.05) is 30.3 Å². The summed E-state index contributed by atoms with van der Waals surface area (Å²) in [5, 5.41) is 0. The summed E-state index contributed by atoms with van der Waals surface area (Å²) >= 11 is 0. The molecule has 0 aliphatic heterocycles. The van der Waals surface area contributed by atoms with Crippen LogP contribution in [0.2, 0.25) is 0 Å². The van der Waals surface area contributed by atoms with Crippen molar-refractivity contribution in [1.82, 2.24) is 14.9 Å². The Morgan fingerprint density at radius 1 is 1.12 bits per heavy atom. The first-order valence-corrected chi connectivity index (χ1v) is 7.80. The molecule has 7 heteroatoms. The fraction of sp³-hybridized carbons (Fsp3) is 0.167. The molecule has 3 rings (SSSR count). The lowest BCUT2D eigenvalue weighted by Crippen LogP contribution is -2.35. The van der Waals surface area contributed by atoms with Crippen LogP contribution in [0, 0.1) is 0 Å². The first kappa shape index (κ1) is 16.5. The van der Waals surface area contributed by atoms with Crippen molar-refractivity contribution in [1.29, 1.82) is 0 Å². The molecule has 1 aromatic carbocycles. The smallest absolute Gasteiger partial charge is 0.325 e. The highest BCUT2D eigenvalue weighted by atomic mass is 16.3. The largest absolute Gasteiger partial charge is 0.472 e. The number of hydrogen-bond donors (Lipinski definition) is 2. The van der Waals surface area contributed by atoms with Crippen molar-refractivity contribution >= 4 is 5.91 Å². The molecule has 0 unspecified atom stereocenters. The van der Waals surface area contributed by atoms with E-state index in [4.69, 9.17) is 4.42 Å². The van der Waals surface area contributed by atoms with E-state index >= 15 is 0 Å². The highest BCUT2D eigenvalue weighted by Gasteiger charge is 2.18. The van der Waals surface area contributed by atoms with E-state index in [1.807, 2.05) is 30.3 Å². The number of hydrogen-bond acceptors (Lipinski definition) is 4. The molecule has 7 nitrogen and oxygen atoms in total. The van der Waals surface area contributed by atoms with E-state index < -0.39 is 11.2 Å². The van der Waals surface area contributed by atoms with Crippen molar-refractivity contribution in [2.24, 2.45) is 0 Å². The predicted octanol–water partition coefficient (Wildman–Crippen LogP) is 1.54. The molecular weight excluding hydrogens is 322 g/mol. The van der Waals surface area contributed by atoms with Gasteiger partial charge in [0.2, 0.25) is 0 Å². The van der Waals surface area contributed by atoms with Crippen LogP contribution in [0.15, 0.2) is 69.1 Å². The first-order chi connectivity index (χ1) is 12.1. The minimum atomic E-state index is -0.578. The van der Waals surface area contributed by atoms with Crippen LogP contribution in [0.25, 0.3) is 0 Å². The molecule has 0 saturated carbocycles. The van der Waals surface area contributed by atoms with Gasteiger partial charge in [-0.3, -0.25) is 14.6 Å². The highest BCUT2D eigenvalue weighted by Crippen LogP contribution is 2.10. The average Bonchev–Trinajstić information content (AvgIpc) is 3.15. The van der Waals surface area contributed by atoms with E-state index in [2.05, 4.69) is 9.97 Å². The van der Waals surface area contributed by atoms with E-state index in [0.29, 0.717) is 24.1 Å². The Labute approximate surface area is 142 Å². The van der Waals surface area contributed by atoms with E-state index in [-0.39, 0.29) is 12.5 Å². The number of amides is 1. The van der Waals surface area contributed by atoms with Gasteiger partial charge in [0, 0.05) is 12.7 Å². The number of H-pyrrole nitrogens is 2. The van der Waals surface area contributed by atoms with Crippen molar-refractivity contribution < 1.29 is 9.21 Å². The Hall–Kier alpha value is -3.35. The van der Waals surface area contributed by atoms with Crippen LogP contribution in [0.3, 0.4) is 0 Å². The molecule has 2 N–H and O–H groups in total. The summed E-state index contributed by atoms with van der Waals surface area (Å²) in [6.45, 7) is 0.509. The van der Waals surface area contributed by atoms with E-state index in [1.54, 1.807) is 11.0 Å². The van der Waals surface area contributed by atoms with Gasteiger partial charge in [0.05, 0.1) is 23.9 Å². The lowest BCUT2D eigenvalue weighted by Gasteiger charge is -2.22. The maximum atomic E-state index is 12.7. The van der Waals surface area contributed by atoms with Crippen LogP contribution in [-0.2, 0) is 13.0 Å². The topological polar surface area (TPSA) is 99.2 Å².